The Morgan fingerprint density at radius 3 is 2.87 bits per heavy atom. The van der Waals surface area contributed by atoms with E-state index in [-0.39, 0.29) is 19.1 Å². The first-order chi connectivity index (χ1) is 7.10. The molecule has 1 rings (SSSR count). The van der Waals surface area contributed by atoms with Gasteiger partial charge in [-0.3, -0.25) is 4.79 Å². The van der Waals surface area contributed by atoms with Gasteiger partial charge in [-0.2, -0.15) is 0 Å². The molecule has 0 radical (unpaired) electrons. The SMILES string of the molecule is CO[C@H]1CCN(C(=O)[C@H](C)CO)C[C@H]1F. The highest BCUT2D eigenvalue weighted by Crippen LogP contribution is 2.18. The Morgan fingerprint density at radius 1 is 1.73 bits per heavy atom. The number of alkyl halides is 1. The molecule has 1 fully saturated rings. The maximum Gasteiger partial charge on any atom is 0.227 e. The molecular formula is C10H18FNO3. The Morgan fingerprint density at radius 2 is 2.40 bits per heavy atom. The third kappa shape index (κ3) is 2.89. The standard InChI is InChI=1S/C10H18FNO3/c1-7(6-13)10(14)12-4-3-9(15-2)8(11)5-12/h7-9,13H,3-6H2,1-2H3/t7-,8-,9+/m1/s1. The van der Waals surface area contributed by atoms with Crippen LogP contribution in [0.15, 0.2) is 0 Å². The van der Waals surface area contributed by atoms with Crippen molar-refractivity contribution in [1.82, 2.24) is 4.90 Å². The molecule has 15 heavy (non-hydrogen) atoms. The van der Waals surface area contributed by atoms with E-state index in [1.54, 1.807) is 6.92 Å². The van der Waals surface area contributed by atoms with Crippen LogP contribution in [0.1, 0.15) is 13.3 Å². The van der Waals surface area contributed by atoms with Crippen LogP contribution in [-0.4, -0.2) is 55.0 Å². The van der Waals surface area contributed by atoms with E-state index in [1.165, 1.54) is 12.0 Å². The number of aliphatic hydroxyl groups excluding tert-OH is 1. The molecule has 0 spiro atoms. The highest BCUT2D eigenvalue weighted by Gasteiger charge is 2.32. The number of ether oxygens (including phenoxy) is 1. The lowest BCUT2D eigenvalue weighted by Crippen LogP contribution is -2.49. The van der Waals surface area contributed by atoms with E-state index >= 15 is 0 Å². The average Bonchev–Trinajstić information content (AvgIpc) is 2.26. The fourth-order valence-corrected chi connectivity index (χ4v) is 1.74. The Hall–Kier alpha value is -0.680. The molecule has 0 saturated carbocycles. The second-order valence-corrected chi connectivity index (χ2v) is 3.95. The predicted molar refractivity (Wildman–Crippen MR) is 53.1 cm³/mol. The highest BCUT2D eigenvalue weighted by atomic mass is 19.1. The van der Waals surface area contributed by atoms with E-state index in [2.05, 4.69) is 0 Å². The number of hydrogen-bond acceptors (Lipinski definition) is 3. The van der Waals surface area contributed by atoms with Crippen LogP contribution in [0, 0.1) is 5.92 Å². The number of carbonyl (C=O) groups is 1. The minimum Gasteiger partial charge on any atom is -0.396 e. The lowest BCUT2D eigenvalue weighted by molar-refractivity contribution is -0.141. The van der Waals surface area contributed by atoms with Crippen molar-refractivity contribution in [2.45, 2.75) is 25.6 Å². The number of hydrogen-bond donors (Lipinski definition) is 1. The molecule has 5 heteroatoms. The fraction of sp³-hybridized carbons (Fsp3) is 0.900. The second kappa shape index (κ2) is 5.42. The summed E-state index contributed by atoms with van der Waals surface area (Å²) in [6.45, 7) is 2.02. The summed E-state index contributed by atoms with van der Waals surface area (Å²) < 4.78 is 18.4. The van der Waals surface area contributed by atoms with Crippen LogP contribution in [0.2, 0.25) is 0 Å². The van der Waals surface area contributed by atoms with E-state index in [9.17, 15) is 9.18 Å². The summed E-state index contributed by atoms with van der Waals surface area (Å²) in [4.78, 5) is 13.1. The molecule has 3 atom stereocenters. The van der Waals surface area contributed by atoms with Gasteiger partial charge in [0.1, 0.15) is 6.17 Å². The summed E-state index contributed by atoms with van der Waals surface area (Å²) in [6.07, 6.45) is -1.02. The second-order valence-electron chi connectivity index (χ2n) is 3.95. The fourth-order valence-electron chi connectivity index (χ4n) is 1.74. The maximum absolute atomic E-state index is 13.4. The van der Waals surface area contributed by atoms with Crippen LogP contribution in [0.5, 0.6) is 0 Å². The molecule has 1 amide bonds. The average molecular weight is 219 g/mol. The zero-order chi connectivity index (χ0) is 11.4. The van der Waals surface area contributed by atoms with Crippen molar-refractivity contribution in [3.8, 4) is 0 Å². The molecule has 0 aromatic heterocycles. The number of methoxy groups -OCH3 is 1. The van der Waals surface area contributed by atoms with Gasteiger partial charge in [0.25, 0.3) is 0 Å². The Bertz CT molecular complexity index is 225. The molecule has 0 aromatic rings. The van der Waals surface area contributed by atoms with Crippen LogP contribution in [0.3, 0.4) is 0 Å². The molecule has 1 heterocycles. The number of halogens is 1. The highest BCUT2D eigenvalue weighted by molar-refractivity contribution is 5.78. The van der Waals surface area contributed by atoms with Gasteiger partial charge in [-0.05, 0) is 6.42 Å². The first kappa shape index (κ1) is 12.4. The molecule has 1 saturated heterocycles. The molecule has 1 aliphatic heterocycles. The topological polar surface area (TPSA) is 49.8 Å². The summed E-state index contributed by atoms with van der Waals surface area (Å²) in [6, 6.07) is 0. The minimum absolute atomic E-state index is 0.0711. The summed E-state index contributed by atoms with van der Waals surface area (Å²) >= 11 is 0. The van der Waals surface area contributed by atoms with Gasteiger partial charge in [-0.15, -0.1) is 0 Å². The van der Waals surface area contributed by atoms with E-state index in [4.69, 9.17) is 9.84 Å². The smallest absolute Gasteiger partial charge is 0.227 e. The van der Waals surface area contributed by atoms with Gasteiger partial charge in [0.05, 0.1) is 25.2 Å². The normalized spacial score (nSPS) is 28.9. The minimum atomic E-state index is -1.13. The van der Waals surface area contributed by atoms with Gasteiger partial charge in [-0.1, -0.05) is 6.92 Å². The number of nitrogens with zero attached hydrogens (tertiary/aromatic N) is 1. The third-order valence-electron chi connectivity index (χ3n) is 2.79. The molecule has 0 bridgehead atoms. The first-order valence-corrected chi connectivity index (χ1v) is 5.16. The molecule has 1 aliphatic rings. The van der Waals surface area contributed by atoms with Crippen molar-refractivity contribution in [3.05, 3.63) is 0 Å². The van der Waals surface area contributed by atoms with Crippen LogP contribution >= 0.6 is 0 Å². The van der Waals surface area contributed by atoms with E-state index < -0.39 is 18.2 Å². The summed E-state index contributed by atoms with van der Waals surface area (Å²) in [7, 11) is 1.48. The number of carbonyl (C=O) groups excluding carboxylic acids is 1. The van der Waals surface area contributed by atoms with Crippen molar-refractivity contribution < 1.29 is 19.0 Å². The number of rotatable bonds is 3. The zero-order valence-electron chi connectivity index (χ0n) is 9.15. The molecule has 0 aliphatic carbocycles. The molecular weight excluding hydrogens is 201 g/mol. The van der Waals surface area contributed by atoms with E-state index in [0.717, 1.165) is 0 Å². The number of amides is 1. The summed E-state index contributed by atoms with van der Waals surface area (Å²) in [5.74, 6) is -0.633. The number of aliphatic hydroxyl groups is 1. The van der Waals surface area contributed by atoms with Gasteiger partial charge in [0, 0.05) is 13.7 Å². The number of piperidine rings is 1. The van der Waals surface area contributed by atoms with Crippen LogP contribution < -0.4 is 0 Å². The zero-order valence-corrected chi connectivity index (χ0v) is 9.15. The largest absolute Gasteiger partial charge is 0.396 e. The van der Waals surface area contributed by atoms with Crippen LogP contribution in [0.25, 0.3) is 0 Å². The van der Waals surface area contributed by atoms with Gasteiger partial charge in [0.2, 0.25) is 5.91 Å². The summed E-state index contributed by atoms with van der Waals surface area (Å²) in [5, 5.41) is 8.83. The third-order valence-corrected chi connectivity index (χ3v) is 2.79. The molecule has 88 valence electrons. The molecule has 0 aromatic carbocycles. The first-order valence-electron chi connectivity index (χ1n) is 5.16. The van der Waals surface area contributed by atoms with Crippen LogP contribution in [-0.2, 0) is 9.53 Å². The van der Waals surface area contributed by atoms with Gasteiger partial charge < -0.3 is 14.7 Å². The molecule has 4 nitrogen and oxygen atoms in total. The van der Waals surface area contributed by atoms with E-state index in [0.29, 0.717) is 13.0 Å². The molecule has 0 unspecified atom stereocenters. The Balaban J connectivity index is 2.50. The molecule has 1 N–H and O–H groups in total. The van der Waals surface area contributed by atoms with Crippen molar-refractivity contribution in [2.24, 2.45) is 5.92 Å². The van der Waals surface area contributed by atoms with Gasteiger partial charge in [0.15, 0.2) is 0 Å². The lowest BCUT2D eigenvalue weighted by Gasteiger charge is -2.35. The predicted octanol–water partition coefficient (Wildman–Crippen LogP) is 0.200. The lowest BCUT2D eigenvalue weighted by atomic mass is 10.0. The van der Waals surface area contributed by atoms with Crippen molar-refractivity contribution in [2.75, 3.05) is 26.8 Å². The van der Waals surface area contributed by atoms with Crippen molar-refractivity contribution in [1.29, 1.82) is 0 Å². The van der Waals surface area contributed by atoms with Gasteiger partial charge in [-0.25, -0.2) is 4.39 Å². The monoisotopic (exact) mass is 219 g/mol. The van der Waals surface area contributed by atoms with Crippen molar-refractivity contribution in [3.63, 3.8) is 0 Å². The van der Waals surface area contributed by atoms with Crippen LogP contribution in [0.4, 0.5) is 4.39 Å². The summed E-state index contributed by atoms with van der Waals surface area (Å²) in [5.41, 5.74) is 0. The Labute approximate surface area is 89.0 Å². The Kier molecular flexibility index (Phi) is 4.47. The number of likely N-dealkylation sites (tertiary alicyclic amines) is 1. The quantitative estimate of drug-likeness (QED) is 0.737. The maximum atomic E-state index is 13.4. The van der Waals surface area contributed by atoms with E-state index in [1.807, 2.05) is 0 Å². The van der Waals surface area contributed by atoms with Gasteiger partial charge >= 0.3 is 0 Å². The van der Waals surface area contributed by atoms with Crippen molar-refractivity contribution >= 4 is 5.91 Å².